The molecule has 2 aliphatic rings. The lowest BCUT2D eigenvalue weighted by atomic mass is 9.81. The van der Waals surface area contributed by atoms with Crippen LogP contribution in [0.25, 0.3) is 0 Å². The zero-order valence-corrected chi connectivity index (χ0v) is 15.4. The molecule has 4 heteroatoms. The highest BCUT2D eigenvalue weighted by molar-refractivity contribution is 5.35. The van der Waals surface area contributed by atoms with Gasteiger partial charge in [0.25, 0.3) is 0 Å². The van der Waals surface area contributed by atoms with Crippen LogP contribution in [-0.4, -0.2) is 30.1 Å². The summed E-state index contributed by atoms with van der Waals surface area (Å²) in [6, 6.07) is 15.8. The lowest BCUT2D eigenvalue weighted by Gasteiger charge is -2.42. The van der Waals surface area contributed by atoms with Crippen LogP contribution in [0.1, 0.15) is 36.8 Å². The van der Waals surface area contributed by atoms with E-state index in [9.17, 15) is 4.39 Å². The van der Waals surface area contributed by atoms with Crippen LogP contribution in [0, 0.1) is 5.82 Å². The van der Waals surface area contributed by atoms with Gasteiger partial charge in [0.1, 0.15) is 17.2 Å². The highest BCUT2D eigenvalue weighted by Crippen LogP contribution is 2.37. The van der Waals surface area contributed by atoms with E-state index in [-0.39, 0.29) is 11.4 Å². The second-order valence-electron chi connectivity index (χ2n) is 7.77. The van der Waals surface area contributed by atoms with E-state index in [0.717, 1.165) is 56.6 Å². The Morgan fingerprint density at radius 3 is 2.77 bits per heavy atom. The maximum absolute atomic E-state index is 13.4. The van der Waals surface area contributed by atoms with Crippen LogP contribution < -0.4 is 10.1 Å². The Morgan fingerprint density at radius 2 is 1.96 bits per heavy atom. The van der Waals surface area contributed by atoms with Gasteiger partial charge in [0.05, 0.1) is 0 Å². The molecule has 0 radical (unpaired) electrons. The third kappa shape index (κ3) is 3.76. The predicted molar refractivity (Wildman–Crippen MR) is 102 cm³/mol. The van der Waals surface area contributed by atoms with E-state index in [1.165, 1.54) is 11.6 Å². The van der Waals surface area contributed by atoms with Crippen molar-refractivity contribution in [3.8, 4) is 5.75 Å². The summed E-state index contributed by atoms with van der Waals surface area (Å²) in [7, 11) is 2.15. The number of halogens is 1. The Balaban J connectivity index is 1.39. The van der Waals surface area contributed by atoms with Gasteiger partial charge >= 0.3 is 0 Å². The minimum Gasteiger partial charge on any atom is -0.486 e. The normalized spacial score (nSPS) is 25.6. The number of hydrogen-bond donors (Lipinski definition) is 1. The summed E-state index contributed by atoms with van der Waals surface area (Å²) in [6.07, 6.45) is 4.31. The molecule has 1 aliphatic carbocycles. The van der Waals surface area contributed by atoms with Crippen LogP contribution in [0.15, 0.2) is 48.5 Å². The molecule has 1 saturated carbocycles. The molecule has 0 unspecified atom stereocenters. The SMILES string of the molecule is CN(Cc1cccc(F)c1)C1CCC2(CC1)CNCc1ccccc1O2. The Hall–Kier alpha value is -1.91. The zero-order valence-electron chi connectivity index (χ0n) is 15.4. The molecular formula is C22H27FN2O. The third-order valence-electron chi connectivity index (χ3n) is 5.87. The van der Waals surface area contributed by atoms with Gasteiger partial charge in [-0.1, -0.05) is 30.3 Å². The highest BCUT2D eigenvalue weighted by Gasteiger charge is 2.39. The average molecular weight is 354 g/mol. The molecule has 2 aromatic carbocycles. The summed E-state index contributed by atoms with van der Waals surface area (Å²) in [4.78, 5) is 2.36. The van der Waals surface area contributed by atoms with Crippen LogP contribution in [0.5, 0.6) is 5.75 Å². The third-order valence-corrected chi connectivity index (χ3v) is 5.87. The topological polar surface area (TPSA) is 24.5 Å². The van der Waals surface area contributed by atoms with Gasteiger partial charge in [0, 0.05) is 31.2 Å². The number of nitrogens with one attached hydrogen (secondary N) is 1. The van der Waals surface area contributed by atoms with Crippen molar-refractivity contribution >= 4 is 0 Å². The fraction of sp³-hybridized carbons (Fsp3) is 0.455. The molecule has 1 N–H and O–H groups in total. The van der Waals surface area contributed by atoms with E-state index < -0.39 is 0 Å². The second kappa shape index (κ2) is 7.37. The molecule has 3 nitrogen and oxygen atoms in total. The van der Waals surface area contributed by atoms with Gasteiger partial charge in [-0.15, -0.1) is 0 Å². The van der Waals surface area contributed by atoms with E-state index in [1.807, 2.05) is 6.07 Å². The molecule has 1 spiro atoms. The van der Waals surface area contributed by atoms with E-state index in [2.05, 4.69) is 41.5 Å². The van der Waals surface area contributed by atoms with E-state index >= 15 is 0 Å². The van der Waals surface area contributed by atoms with Gasteiger partial charge in [-0.25, -0.2) is 4.39 Å². The number of benzene rings is 2. The van der Waals surface area contributed by atoms with Crippen LogP contribution in [-0.2, 0) is 13.1 Å². The maximum atomic E-state index is 13.4. The number of hydrogen-bond acceptors (Lipinski definition) is 3. The van der Waals surface area contributed by atoms with E-state index in [1.54, 1.807) is 12.1 Å². The lowest BCUT2D eigenvalue weighted by Crippen LogP contribution is -2.50. The van der Waals surface area contributed by atoms with Gasteiger partial charge in [0.2, 0.25) is 0 Å². The smallest absolute Gasteiger partial charge is 0.124 e. The Labute approximate surface area is 155 Å². The van der Waals surface area contributed by atoms with Crippen LogP contribution in [0.3, 0.4) is 0 Å². The summed E-state index contributed by atoms with van der Waals surface area (Å²) in [5, 5.41) is 3.57. The van der Waals surface area contributed by atoms with Crippen LogP contribution in [0.2, 0.25) is 0 Å². The van der Waals surface area contributed by atoms with E-state index in [4.69, 9.17) is 4.74 Å². The Morgan fingerprint density at radius 1 is 1.15 bits per heavy atom. The minimum absolute atomic E-state index is 0.0944. The zero-order chi connectivity index (χ0) is 18.0. The molecule has 2 aromatic rings. The van der Waals surface area contributed by atoms with Crippen LogP contribution >= 0.6 is 0 Å². The molecule has 0 atom stereocenters. The molecule has 0 saturated heterocycles. The molecule has 4 rings (SSSR count). The Kier molecular flexibility index (Phi) is 4.96. The molecule has 138 valence electrons. The number of para-hydroxylation sites is 1. The van der Waals surface area contributed by atoms with Crippen molar-refractivity contribution in [3.05, 3.63) is 65.5 Å². The number of rotatable bonds is 3. The quantitative estimate of drug-likeness (QED) is 0.897. The first-order valence-electron chi connectivity index (χ1n) is 9.56. The maximum Gasteiger partial charge on any atom is 0.124 e. The van der Waals surface area contributed by atoms with Crippen molar-refractivity contribution in [2.75, 3.05) is 13.6 Å². The van der Waals surface area contributed by atoms with Gasteiger partial charge in [-0.3, -0.25) is 4.90 Å². The van der Waals surface area contributed by atoms with Crippen molar-refractivity contribution in [2.24, 2.45) is 0 Å². The van der Waals surface area contributed by atoms with Crippen LogP contribution in [0.4, 0.5) is 4.39 Å². The first-order valence-corrected chi connectivity index (χ1v) is 9.56. The summed E-state index contributed by atoms with van der Waals surface area (Å²) >= 11 is 0. The van der Waals surface area contributed by atoms with Gasteiger partial charge in [0.15, 0.2) is 0 Å². The first-order chi connectivity index (χ1) is 12.6. The predicted octanol–water partition coefficient (Wildman–Crippen LogP) is 4.12. The summed E-state index contributed by atoms with van der Waals surface area (Å²) in [6.45, 7) is 2.57. The molecule has 1 heterocycles. The molecule has 0 amide bonds. The fourth-order valence-electron chi connectivity index (χ4n) is 4.34. The van der Waals surface area contributed by atoms with Gasteiger partial charge in [-0.2, -0.15) is 0 Å². The van der Waals surface area contributed by atoms with Crippen molar-refractivity contribution in [1.29, 1.82) is 0 Å². The second-order valence-corrected chi connectivity index (χ2v) is 7.77. The molecule has 0 bridgehead atoms. The standard InChI is InChI=1S/C22H27FN2O/c1-25(15-17-5-4-7-19(23)13-17)20-9-11-22(12-10-20)16-24-14-18-6-2-3-8-21(18)26-22/h2-8,13,20,24H,9-12,14-16H2,1H3. The number of ether oxygens (including phenoxy) is 1. The minimum atomic E-state index is -0.157. The molecular weight excluding hydrogens is 327 g/mol. The number of nitrogens with zero attached hydrogens (tertiary/aromatic N) is 1. The van der Waals surface area contributed by atoms with Crippen molar-refractivity contribution in [1.82, 2.24) is 10.2 Å². The summed E-state index contributed by atoms with van der Waals surface area (Å²) in [5.41, 5.74) is 2.19. The summed E-state index contributed by atoms with van der Waals surface area (Å²) < 4.78 is 19.9. The van der Waals surface area contributed by atoms with Gasteiger partial charge < -0.3 is 10.1 Å². The lowest BCUT2D eigenvalue weighted by molar-refractivity contribution is 0.00872. The van der Waals surface area contributed by atoms with Gasteiger partial charge in [-0.05, 0) is 56.5 Å². The average Bonchev–Trinajstić information content (AvgIpc) is 2.81. The Bertz CT molecular complexity index is 755. The monoisotopic (exact) mass is 354 g/mol. The molecule has 1 fully saturated rings. The summed E-state index contributed by atoms with van der Waals surface area (Å²) in [5.74, 6) is 0.874. The molecule has 0 aromatic heterocycles. The van der Waals surface area contributed by atoms with Crippen molar-refractivity contribution in [2.45, 2.75) is 50.4 Å². The van der Waals surface area contributed by atoms with E-state index in [0.29, 0.717) is 6.04 Å². The first kappa shape index (κ1) is 17.5. The molecule has 26 heavy (non-hydrogen) atoms. The highest BCUT2D eigenvalue weighted by atomic mass is 19.1. The largest absolute Gasteiger partial charge is 0.486 e. The van der Waals surface area contributed by atoms with Crippen molar-refractivity contribution in [3.63, 3.8) is 0 Å². The van der Waals surface area contributed by atoms with Crippen molar-refractivity contribution < 1.29 is 9.13 Å². The fourth-order valence-corrected chi connectivity index (χ4v) is 4.34. The molecule has 1 aliphatic heterocycles. The number of fused-ring (bicyclic) bond motifs is 1.